The van der Waals surface area contributed by atoms with Crippen LogP contribution < -0.4 is 0 Å². The lowest BCUT2D eigenvalue weighted by atomic mass is 10.2. The van der Waals surface area contributed by atoms with Gasteiger partial charge in [0.05, 0.1) is 18.2 Å². The van der Waals surface area contributed by atoms with Crippen molar-refractivity contribution in [3.63, 3.8) is 0 Å². The summed E-state index contributed by atoms with van der Waals surface area (Å²) < 4.78 is 18.7. The Kier molecular flexibility index (Phi) is 4.20. The molecule has 0 radical (unpaired) electrons. The van der Waals surface area contributed by atoms with Crippen molar-refractivity contribution in [3.05, 3.63) is 28.2 Å². The number of nitrogens with zero attached hydrogens (tertiary/aromatic N) is 1. The molecule has 5 heteroatoms. The molecule has 0 amide bonds. The monoisotopic (exact) mass is 275 g/mol. The SMILES string of the molecule is CC(C)OC(=O)Cc1ncc(Br)cc1F. The van der Waals surface area contributed by atoms with Crippen molar-refractivity contribution < 1.29 is 13.9 Å². The third-order valence-corrected chi connectivity index (χ3v) is 2.00. The van der Waals surface area contributed by atoms with E-state index in [1.807, 2.05) is 0 Å². The minimum atomic E-state index is -0.509. The van der Waals surface area contributed by atoms with Gasteiger partial charge in [0.2, 0.25) is 0 Å². The minimum Gasteiger partial charge on any atom is -0.463 e. The number of esters is 1. The van der Waals surface area contributed by atoms with Gasteiger partial charge < -0.3 is 4.74 Å². The number of carbonyl (C=O) groups is 1. The Labute approximate surface area is 95.8 Å². The zero-order chi connectivity index (χ0) is 11.4. The van der Waals surface area contributed by atoms with E-state index in [1.54, 1.807) is 13.8 Å². The number of carbonyl (C=O) groups excluding carboxylic acids is 1. The highest BCUT2D eigenvalue weighted by molar-refractivity contribution is 9.10. The summed E-state index contributed by atoms with van der Waals surface area (Å²) in [4.78, 5) is 15.0. The van der Waals surface area contributed by atoms with Crippen LogP contribution in [0.15, 0.2) is 16.7 Å². The topological polar surface area (TPSA) is 39.2 Å². The van der Waals surface area contributed by atoms with E-state index in [0.29, 0.717) is 4.47 Å². The first-order chi connectivity index (χ1) is 6.99. The number of rotatable bonds is 3. The molecule has 0 fully saturated rings. The highest BCUT2D eigenvalue weighted by Crippen LogP contribution is 2.13. The number of halogens is 2. The molecule has 3 nitrogen and oxygen atoms in total. The summed E-state index contributed by atoms with van der Waals surface area (Å²) in [6, 6.07) is 1.27. The van der Waals surface area contributed by atoms with Crippen LogP contribution in [0.4, 0.5) is 4.39 Å². The summed E-state index contributed by atoms with van der Waals surface area (Å²) in [6.07, 6.45) is 1.11. The maximum Gasteiger partial charge on any atom is 0.312 e. The number of pyridine rings is 1. The second kappa shape index (κ2) is 5.21. The van der Waals surface area contributed by atoms with E-state index in [1.165, 1.54) is 12.3 Å². The van der Waals surface area contributed by atoms with Gasteiger partial charge in [-0.05, 0) is 35.8 Å². The Morgan fingerprint density at radius 3 is 2.87 bits per heavy atom. The Bertz CT molecular complexity index is 368. The van der Waals surface area contributed by atoms with Crippen molar-refractivity contribution in [1.82, 2.24) is 4.98 Å². The summed E-state index contributed by atoms with van der Waals surface area (Å²) in [5.41, 5.74) is 0.101. The van der Waals surface area contributed by atoms with Gasteiger partial charge in [-0.25, -0.2) is 4.39 Å². The van der Waals surface area contributed by atoms with Crippen molar-refractivity contribution in [2.45, 2.75) is 26.4 Å². The third kappa shape index (κ3) is 3.95. The first kappa shape index (κ1) is 12.1. The maximum absolute atomic E-state index is 13.2. The molecular formula is C10H11BrFNO2. The second-order valence-corrected chi connectivity index (χ2v) is 4.21. The van der Waals surface area contributed by atoms with E-state index >= 15 is 0 Å². The maximum atomic E-state index is 13.2. The lowest BCUT2D eigenvalue weighted by Gasteiger charge is -2.07. The number of hydrogen-bond acceptors (Lipinski definition) is 3. The number of aromatic nitrogens is 1. The lowest BCUT2D eigenvalue weighted by Crippen LogP contribution is -2.15. The molecule has 0 aromatic carbocycles. The fraction of sp³-hybridized carbons (Fsp3) is 0.400. The normalized spacial score (nSPS) is 10.5. The van der Waals surface area contributed by atoms with Gasteiger partial charge in [-0.15, -0.1) is 0 Å². The average Bonchev–Trinajstić information content (AvgIpc) is 2.08. The smallest absolute Gasteiger partial charge is 0.312 e. The molecule has 0 saturated heterocycles. The molecule has 1 aromatic rings. The van der Waals surface area contributed by atoms with E-state index in [9.17, 15) is 9.18 Å². The van der Waals surface area contributed by atoms with Crippen LogP contribution in [0.1, 0.15) is 19.5 Å². The standard InChI is InChI=1S/C10H11BrFNO2/c1-6(2)15-10(14)4-9-8(12)3-7(11)5-13-9/h3,5-6H,4H2,1-2H3. The highest BCUT2D eigenvalue weighted by Gasteiger charge is 2.12. The van der Waals surface area contributed by atoms with Crippen LogP contribution in [0.2, 0.25) is 0 Å². The van der Waals surface area contributed by atoms with Gasteiger partial charge in [0.25, 0.3) is 0 Å². The molecule has 0 saturated carbocycles. The first-order valence-electron chi connectivity index (χ1n) is 4.48. The van der Waals surface area contributed by atoms with Crippen molar-refractivity contribution >= 4 is 21.9 Å². The summed E-state index contributed by atoms with van der Waals surface area (Å²) >= 11 is 3.08. The van der Waals surface area contributed by atoms with Crippen molar-refractivity contribution in [3.8, 4) is 0 Å². The van der Waals surface area contributed by atoms with E-state index in [4.69, 9.17) is 4.74 Å². The van der Waals surface area contributed by atoms with Gasteiger partial charge in [-0.2, -0.15) is 0 Å². The van der Waals surface area contributed by atoms with E-state index in [-0.39, 0.29) is 18.2 Å². The molecule has 0 aliphatic heterocycles. The number of ether oxygens (including phenoxy) is 1. The number of hydrogen-bond donors (Lipinski definition) is 0. The quantitative estimate of drug-likeness (QED) is 0.796. The molecular weight excluding hydrogens is 265 g/mol. The third-order valence-electron chi connectivity index (χ3n) is 1.56. The molecule has 82 valence electrons. The van der Waals surface area contributed by atoms with Gasteiger partial charge in [0.1, 0.15) is 5.82 Å². The summed E-state index contributed by atoms with van der Waals surface area (Å²) in [5, 5.41) is 0. The molecule has 1 heterocycles. The van der Waals surface area contributed by atoms with E-state index in [0.717, 1.165) is 0 Å². The molecule has 1 rings (SSSR count). The van der Waals surface area contributed by atoms with Gasteiger partial charge in [-0.3, -0.25) is 9.78 Å². The minimum absolute atomic E-state index is 0.101. The Balaban J connectivity index is 2.68. The van der Waals surface area contributed by atoms with Crippen molar-refractivity contribution in [1.29, 1.82) is 0 Å². The summed E-state index contributed by atoms with van der Waals surface area (Å²) in [6.45, 7) is 3.48. The van der Waals surface area contributed by atoms with Crippen LogP contribution in [0.25, 0.3) is 0 Å². The molecule has 15 heavy (non-hydrogen) atoms. The fourth-order valence-corrected chi connectivity index (χ4v) is 1.32. The summed E-state index contributed by atoms with van der Waals surface area (Å²) in [5.74, 6) is -0.983. The molecule has 0 unspecified atom stereocenters. The Morgan fingerprint density at radius 2 is 2.33 bits per heavy atom. The molecule has 0 aliphatic carbocycles. The van der Waals surface area contributed by atoms with Crippen LogP contribution in [-0.2, 0) is 16.0 Å². The zero-order valence-electron chi connectivity index (χ0n) is 8.46. The Morgan fingerprint density at radius 1 is 1.67 bits per heavy atom. The van der Waals surface area contributed by atoms with E-state index < -0.39 is 11.8 Å². The van der Waals surface area contributed by atoms with Crippen LogP contribution >= 0.6 is 15.9 Å². The second-order valence-electron chi connectivity index (χ2n) is 3.30. The van der Waals surface area contributed by atoms with Gasteiger partial charge in [-0.1, -0.05) is 0 Å². The van der Waals surface area contributed by atoms with Crippen molar-refractivity contribution in [2.75, 3.05) is 0 Å². The Hall–Kier alpha value is -0.970. The molecule has 0 atom stereocenters. The fourth-order valence-electron chi connectivity index (χ4n) is 1.01. The lowest BCUT2D eigenvalue weighted by molar-refractivity contribution is -0.146. The van der Waals surface area contributed by atoms with Crippen LogP contribution in [0.3, 0.4) is 0 Å². The summed E-state index contributed by atoms with van der Waals surface area (Å²) in [7, 11) is 0. The predicted molar refractivity (Wildman–Crippen MR) is 56.8 cm³/mol. The van der Waals surface area contributed by atoms with Crippen LogP contribution in [0.5, 0.6) is 0 Å². The van der Waals surface area contributed by atoms with E-state index in [2.05, 4.69) is 20.9 Å². The molecule has 0 aliphatic rings. The average molecular weight is 276 g/mol. The molecule has 0 bridgehead atoms. The van der Waals surface area contributed by atoms with Crippen LogP contribution in [-0.4, -0.2) is 17.1 Å². The van der Waals surface area contributed by atoms with Crippen LogP contribution in [0, 0.1) is 5.82 Å². The molecule has 0 spiro atoms. The van der Waals surface area contributed by atoms with Crippen molar-refractivity contribution in [2.24, 2.45) is 0 Å². The first-order valence-corrected chi connectivity index (χ1v) is 5.27. The zero-order valence-corrected chi connectivity index (χ0v) is 10.0. The molecule has 1 aromatic heterocycles. The molecule has 0 N–H and O–H groups in total. The predicted octanol–water partition coefficient (Wildman–Crippen LogP) is 2.48. The highest BCUT2D eigenvalue weighted by atomic mass is 79.9. The largest absolute Gasteiger partial charge is 0.463 e. The van der Waals surface area contributed by atoms with Gasteiger partial charge >= 0.3 is 5.97 Å². The van der Waals surface area contributed by atoms with Gasteiger partial charge in [0.15, 0.2) is 0 Å². The van der Waals surface area contributed by atoms with Gasteiger partial charge in [0, 0.05) is 10.7 Å².